The number of nitrogens with zero attached hydrogens (tertiary/aromatic N) is 2. The predicted molar refractivity (Wildman–Crippen MR) is 92.6 cm³/mol. The molecule has 2 aromatic carbocycles. The molecule has 1 aliphatic carbocycles. The van der Waals surface area contributed by atoms with Crippen LogP contribution in [0.3, 0.4) is 0 Å². The van der Waals surface area contributed by atoms with Crippen LogP contribution >= 0.6 is 0 Å². The summed E-state index contributed by atoms with van der Waals surface area (Å²) in [5.41, 5.74) is 4.43. The number of carbonyl (C=O) groups is 1. The van der Waals surface area contributed by atoms with E-state index in [1.165, 1.54) is 6.92 Å². The maximum Gasteiger partial charge on any atom is 0.221 e. The Hall–Kier alpha value is -3.21. The highest BCUT2D eigenvalue weighted by Crippen LogP contribution is 2.35. The zero-order chi connectivity index (χ0) is 16.7. The summed E-state index contributed by atoms with van der Waals surface area (Å²) in [6.45, 7) is 1.50. The van der Waals surface area contributed by atoms with Gasteiger partial charge >= 0.3 is 0 Å². The standard InChI is InChI=1S/C19H15N3O2/c1-11(23)20-17-5-3-4-14-15(17)10-16-18(21-22-19(14)16)12-6-8-13(24-2)9-7-12/h3-10H,1-2H3,(H,20,23). The van der Waals surface area contributed by atoms with E-state index in [0.717, 1.165) is 44.4 Å². The summed E-state index contributed by atoms with van der Waals surface area (Å²) < 4.78 is 5.20. The molecule has 1 aliphatic heterocycles. The van der Waals surface area contributed by atoms with E-state index in [0.29, 0.717) is 0 Å². The normalized spacial score (nSPS) is 14.3. The number of ether oxygens (including phenoxy) is 1. The van der Waals surface area contributed by atoms with Crippen LogP contribution in [0.5, 0.6) is 5.75 Å². The smallest absolute Gasteiger partial charge is 0.221 e. The van der Waals surface area contributed by atoms with Gasteiger partial charge in [-0.25, -0.2) is 0 Å². The number of hydrogen-bond donors (Lipinski definition) is 1. The van der Waals surface area contributed by atoms with Crippen LogP contribution in [0.25, 0.3) is 17.5 Å². The van der Waals surface area contributed by atoms with Gasteiger partial charge in [0.05, 0.1) is 7.11 Å². The van der Waals surface area contributed by atoms with Crippen molar-refractivity contribution in [1.29, 1.82) is 0 Å². The van der Waals surface area contributed by atoms with Crippen molar-refractivity contribution in [1.82, 2.24) is 0 Å². The average Bonchev–Trinajstić information content (AvgIpc) is 3.14. The minimum atomic E-state index is -0.0927. The van der Waals surface area contributed by atoms with Crippen LogP contribution < -0.4 is 20.5 Å². The van der Waals surface area contributed by atoms with Crippen molar-refractivity contribution in [3.8, 4) is 5.75 Å². The summed E-state index contributed by atoms with van der Waals surface area (Å²) in [7, 11) is 1.64. The van der Waals surface area contributed by atoms with Crippen LogP contribution in [0, 0.1) is 0 Å². The number of nitrogens with one attached hydrogen (secondary N) is 1. The van der Waals surface area contributed by atoms with E-state index in [1.54, 1.807) is 7.11 Å². The average molecular weight is 317 g/mol. The molecule has 4 rings (SSSR count). The van der Waals surface area contributed by atoms with Crippen LogP contribution in [0.15, 0.2) is 58.3 Å². The number of fused-ring (bicyclic) bond motifs is 2. The first kappa shape index (κ1) is 14.4. The van der Waals surface area contributed by atoms with Crippen molar-refractivity contribution >= 4 is 29.1 Å². The highest BCUT2D eigenvalue weighted by Gasteiger charge is 2.23. The Balaban J connectivity index is 1.88. The molecule has 0 atom stereocenters. The molecule has 24 heavy (non-hydrogen) atoms. The molecule has 0 spiro atoms. The molecule has 0 aromatic heterocycles. The second-order valence-electron chi connectivity index (χ2n) is 5.63. The van der Waals surface area contributed by atoms with Gasteiger partial charge in [-0.2, -0.15) is 0 Å². The first-order valence-corrected chi connectivity index (χ1v) is 7.61. The van der Waals surface area contributed by atoms with Crippen LogP contribution in [0.2, 0.25) is 0 Å². The fourth-order valence-corrected chi connectivity index (χ4v) is 2.99. The lowest BCUT2D eigenvalue weighted by Crippen LogP contribution is -2.27. The third-order valence-electron chi connectivity index (χ3n) is 4.08. The van der Waals surface area contributed by atoms with E-state index in [2.05, 4.69) is 15.5 Å². The Morgan fingerprint density at radius 1 is 1.04 bits per heavy atom. The molecule has 1 heterocycles. The molecule has 0 saturated carbocycles. The molecule has 0 fully saturated rings. The van der Waals surface area contributed by atoms with Gasteiger partial charge in [-0.1, -0.05) is 12.1 Å². The second kappa shape index (κ2) is 5.45. The molecule has 0 bridgehead atoms. The number of amides is 1. The van der Waals surface area contributed by atoms with Crippen LogP contribution in [-0.2, 0) is 4.79 Å². The molecule has 0 unspecified atom stereocenters. The van der Waals surface area contributed by atoms with Gasteiger partial charge in [-0.15, -0.1) is 10.2 Å². The molecule has 2 aromatic rings. The van der Waals surface area contributed by atoms with E-state index < -0.39 is 0 Å². The number of benzene rings is 2. The molecule has 1 N–H and O–H groups in total. The number of carbonyl (C=O) groups excluding carboxylic acids is 1. The van der Waals surface area contributed by atoms with Crippen molar-refractivity contribution < 1.29 is 9.53 Å². The third kappa shape index (κ3) is 2.22. The second-order valence-corrected chi connectivity index (χ2v) is 5.63. The Morgan fingerprint density at radius 2 is 1.79 bits per heavy atom. The summed E-state index contributed by atoms with van der Waals surface area (Å²) in [5, 5.41) is 13.5. The predicted octanol–water partition coefficient (Wildman–Crippen LogP) is 2.43. The van der Waals surface area contributed by atoms with Crippen LogP contribution in [0.1, 0.15) is 12.5 Å². The summed E-state index contributed by atoms with van der Waals surface area (Å²) in [4.78, 5) is 11.4. The van der Waals surface area contributed by atoms with Crippen molar-refractivity contribution in [3.05, 3.63) is 64.0 Å². The molecule has 2 aliphatic rings. The maximum absolute atomic E-state index is 11.4. The van der Waals surface area contributed by atoms with E-state index in [4.69, 9.17) is 4.74 Å². The van der Waals surface area contributed by atoms with Gasteiger partial charge in [0, 0.05) is 34.2 Å². The highest BCUT2D eigenvalue weighted by atomic mass is 16.5. The minimum absolute atomic E-state index is 0.0927. The first-order valence-electron chi connectivity index (χ1n) is 7.61. The van der Waals surface area contributed by atoms with Gasteiger partial charge < -0.3 is 10.1 Å². The highest BCUT2D eigenvalue weighted by molar-refractivity contribution is 5.97. The Bertz CT molecular complexity index is 1030. The molecule has 5 nitrogen and oxygen atoms in total. The fraction of sp³-hybridized carbons (Fsp3) is 0.105. The lowest BCUT2D eigenvalue weighted by atomic mass is 10.1. The van der Waals surface area contributed by atoms with Gasteiger partial charge in [-0.05, 0) is 36.4 Å². The number of rotatable bonds is 3. The molecular weight excluding hydrogens is 302 g/mol. The number of hydrogen-bond acceptors (Lipinski definition) is 4. The van der Waals surface area contributed by atoms with Gasteiger partial charge in [0.25, 0.3) is 0 Å². The fourth-order valence-electron chi connectivity index (χ4n) is 2.99. The molecule has 5 heteroatoms. The summed E-state index contributed by atoms with van der Waals surface area (Å²) in [5.74, 6) is 0.708. The Labute approximate surface area is 138 Å². The lowest BCUT2D eigenvalue weighted by Gasteiger charge is -2.03. The van der Waals surface area contributed by atoms with Gasteiger partial charge in [0.1, 0.15) is 17.1 Å². The van der Waals surface area contributed by atoms with Crippen LogP contribution in [-0.4, -0.2) is 13.0 Å². The van der Waals surface area contributed by atoms with Crippen molar-refractivity contribution in [3.63, 3.8) is 0 Å². The Morgan fingerprint density at radius 3 is 2.50 bits per heavy atom. The van der Waals surface area contributed by atoms with E-state index in [9.17, 15) is 4.79 Å². The minimum Gasteiger partial charge on any atom is -0.497 e. The summed E-state index contributed by atoms with van der Waals surface area (Å²) >= 11 is 0. The van der Waals surface area contributed by atoms with Gasteiger partial charge in [0.2, 0.25) is 5.91 Å². The number of anilines is 1. The SMILES string of the molecule is COc1ccc(C2=C3C=c4c(NC(C)=O)cccc4=C3N=N2)cc1. The molecule has 0 saturated heterocycles. The van der Waals surface area contributed by atoms with E-state index in [1.807, 2.05) is 48.5 Å². The quantitative estimate of drug-likeness (QED) is 0.945. The van der Waals surface area contributed by atoms with Crippen molar-refractivity contribution in [2.45, 2.75) is 6.92 Å². The summed E-state index contributed by atoms with van der Waals surface area (Å²) in [6.07, 6.45) is 2.04. The molecule has 118 valence electrons. The lowest BCUT2D eigenvalue weighted by molar-refractivity contribution is -0.114. The van der Waals surface area contributed by atoms with Gasteiger partial charge in [0.15, 0.2) is 0 Å². The van der Waals surface area contributed by atoms with Crippen molar-refractivity contribution in [2.75, 3.05) is 12.4 Å². The zero-order valence-corrected chi connectivity index (χ0v) is 13.3. The van der Waals surface area contributed by atoms with Crippen LogP contribution in [0.4, 0.5) is 5.69 Å². The number of azo groups is 1. The largest absolute Gasteiger partial charge is 0.497 e. The molecular formula is C19H15N3O2. The number of methoxy groups -OCH3 is 1. The van der Waals surface area contributed by atoms with E-state index in [-0.39, 0.29) is 5.91 Å². The third-order valence-corrected chi connectivity index (χ3v) is 4.08. The molecule has 1 amide bonds. The topological polar surface area (TPSA) is 63.0 Å². The zero-order valence-electron chi connectivity index (χ0n) is 13.3. The molecule has 0 radical (unpaired) electrons. The maximum atomic E-state index is 11.4. The van der Waals surface area contributed by atoms with E-state index >= 15 is 0 Å². The van der Waals surface area contributed by atoms with Gasteiger partial charge in [-0.3, -0.25) is 4.79 Å². The van der Waals surface area contributed by atoms with Crippen molar-refractivity contribution in [2.24, 2.45) is 10.2 Å². The monoisotopic (exact) mass is 317 g/mol. The Kier molecular flexibility index (Phi) is 3.27. The first-order chi connectivity index (χ1) is 11.7. The summed E-state index contributed by atoms with van der Waals surface area (Å²) in [6, 6.07) is 13.5.